The van der Waals surface area contributed by atoms with Crippen LogP contribution in [0.25, 0.3) is 0 Å². The van der Waals surface area contributed by atoms with Crippen molar-refractivity contribution in [2.45, 2.75) is 57.2 Å². The zero-order valence-corrected chi connectivity index (χ0v) is 14.2. The van der Waals surface area contributed by atoms with Gasteiger partial charge in [0.1, 0.15) is 0 Å². The molecule has 0 aromatic heterocycles. The Morgan fingerprint density at radius 1 is 1.09 bits per heavy atom. The average molecular weight is 318 g/mol. The highest BCUT2D eigenvalue weighted by Gasteiger charge is 2.60. The molecule has 1 aromatic rings. The third kappa shape index (κ3) is 2.36. The van der Waals surface area contributed by atoms with Gasteiger partial charge in [0.2, 0.25) is 5.91 Å². The van der Waals surface area contributed by atoms with Gasteiger partial charge in [-0.1, -0.05) is 6.07 Å². The van der Waals surface area contributed by atoms with Crippen molar-refractivity contribution in [3.05, 3.63) is 29.3 Å². The molecule has 5 rings (SSSR count). The molecule has 22 heavy (non-hydrogen) atoms. The Kier molecular flexibility index (Phi) is 3.14. The van der Waals surface area contributed by atoms with E-state index < -0.39 is 0 Å². The Hall–Kier alpha value is -1.02. The molecule has 118 valence electrons. The van der Waals surface area contributed by atoms with Crippen LogP contribution in [0.5, 0.6) is 0 Å². The van der Waals surface area contributed by atoms with Crippen LogP contribution >= 0.6 is 11.6 Å². The van der Waals surface area contributed by atoms with Gasteiger partial charge in [-0.3, -0.25) is 4.79 Å². The Balaban J connectivity index is 1.60. The van der Waals surface area contributed by atoms with Gasteiger partial charge in [0.05, 0.1) is 5.41 Å². The first-order valence-electron chi connectivity index (χ1n) is 8.45. The minimum Gasteiger partial charge on any atom is -0.326 e. The molecule has 0 radical (unpaired) electrons. The zero-order chi connectivity index (χ0) is 15.5. The van der Waals surface area contributed by atoms with E-state index in [9.17, 15) is 4.79 Å². The van der Waals surface area contributed by atoms with E-state index in [0.717, 1.165) is 37.8 Å². The topological polar surface area (TPSA) is 29.1 Å². The van der Waals surface area contributed by atoms with Gasteiger partial charge in [0.15, 0.2) is 0 Å². The van der Waals surface area contributed by atoms with Crippen molar-refractivity contribution < 1.29 is 4.79 Å². The molecule has 4 atom stereocenters. The van der Waals surface area contributed by atoms with Crippen LogP contribution in [0.1, 0.15) is 49.7 Å². The summed E-state index contributed by atoms with van der Waals surface area (Å²) in [6.45, 7) is 4.14. The molecule has 0 spiro atoms. The van der Waals surface area contributed by atoms with Crippen molar-refractivity contribution >= 4 is 23.2 Å². The highest BCUT2D eigenvalue weighted by molar-refractivity contribution is 6.24. The van der Waals surface area contributed by atoms with Crippen LogP contribution in [0, 0.1) is 31.1 Å². The maximum absolute atomic E-state index is 13.1. The number of carbonyl (C=O) groups is 1. The second-order valence-electron chi connectivity index (χ2n) is 8.22. The lowest BCUT2D eigenvalue weighted by atomic mass is 9.49. The summed E-state index contributed by atoms with van der Waals surface area (Å²) in [7, 11) is 0. The summed E-state index contributed by atoms with van der Waals surface area (Å²) in [6.07, 6.45) is 6.45. The van der Waals surface area contributed by atoms with Crippen molar-refractivity contribution in [1.29, 1.82) is 0 Å². The van der Waals surface area contributed by atoms with Gasteiger partial charge in [-0.2, -0.15) is 0 Å². The summed E-state index contributed by atoms with van der Waals surface area (Å²) >= 11 is 6.84. The van der Waals surface area contributed by atoms with Crippen molar-refractivity contribution in [1.82, 2.24) is 0 Å². The smallest absolute Gasteiger partial charge is 0.230 e. The largest absolute Gasteiger partial charge is 0.326 e. The van der Waals surface area contributed by atoms with Gasteiger partial charge in [-0.25, -0.2) is 0 Å². The quantitative estimate of drug-likeness (QED) is 0.778. The number of nitrogens with one attached hydrogen (secondary N) is 1. The monoisotopic (exact) mass is 317 g/mol. The van der Waals surface area contributed by atoms with Crippen LogP contribution in [-0.4, -0.2) is 10.8 Å². The summed E-state index contributed by atoms with van der Waals surface area (Å²) in [4.78, 5) is 13.0. The molecule has 0 heterocycles. The van der Waals surface area contributed by atoms with E-state index in [1.165, 1.54) is 17.5 Å². The third-order valence-corrected chi connectivity index (χ3v) is 6.39. The first-order valence-corrected chi connectivity index (χ1v) is 8.82. The normalized spacial score (nSPS) is 39.0. The Morgan fingerprint density at radius 3 is 2.23 bits per heavy atom. The second-order valence-corrected chi connectivity index (χ2v) is 9.02. The fourth-order valence-electron chi connectivity index (χ4n) is 5.73. The lowest BCUT2D eigenvalue weighted by molar-refractivity contribution is -0.138. The number of rotatable bonds is 2. The molecule has 4 saturated carbocycles. The second kappa shape index (κ2) is 4.74. The molecule has 3 heteroatoms. The minimum atomic E-state index is -0.219. The van der Waals surface area contributed by atoms with Crippen molar-refractivity contribution in [3.8, 4) is 0 Å². The Morgan fingerprint density at radius 2 is 1.68 bits per heavy atom. The fraction of sp³-hybridized carbons (Fsp3) is 0.632. The Bertz CT molecular complexity index is 604. The van der Waals surface area contributed by atoms with E-state index in [2.05, 4.69) is 37.4 Å². The first kappa shape index (κ1) is 14.6. The molecular weight excluding hydrogens is 294 g/mol. The van der Waals surface area contributed by atoms with Crippen molar-refractivity contribution in [2.75, 3.05) is 5.32 Å². The van der Waals surface area contributed by atoms with Crippen molar-refractivity contribution in [3.63, 3.8) is 0 Å². The van der Waals surface area contributed by atoms with Gasteiger partial charge in [0, 0.05) is 10.6 Å². The third-order valence-electron chi connectivity index (χ3n) is 5.95. The van der Waals surface area contributed by atoms with E-state index in [1.54, 1.807) is 0 Å². The summed E-state index contributed by atoms with van der Waals surface area (Å²) < 4.78 is 0. The van der Waals surface area contributed by atoms with Crippen LogP contribution in [-0.2, 0) is 4.79 Å². The lowest BCUT2D eigenvalue weighted by Crippen LogP contribution is -2.57. The fourth-order valence-corrected chi connectivity index (χ4v) is 6.42. The van der Waals surface area contributed by atoms with Gasteiger partial charge < -0.3 is 5.32 Å². The van der Waals surface area contributed by atoms with Crippen LogP contribution in [0.15, 0.2) is 18.2 Å². The number of hydrogen-bond acceptors (Lipinski definition) is 1. The van der Waals surface area contributed by atoms with Crippen LogP contribution < -0.4 is 5.32 Å². The molecule has 4 fully saturated rings. The molecule has 0 saturated heterocycles. The molecular formula is C19H24ClNO. The van der Waals surface area contributed by atoms with E-state index in [0.29, 0.717) is 11.8 Å². The average Bonchev–Trinajstić information content (AvgIpc) is 2.34. The summed E-state index contributed by atoms with van der Waals surface area (Å²) in [6, 6.07) is 6.25. The van der Waals surface area contributed by atoms with E-state index in [-0.39, 0.29) is 16.2 Å². The van der Waals surface area contributed by atoms with E-state index >= 15 is 0 Å². The predicted molar refractivity (Wildman–Crippen MR) is 90.2 cm³/mol. The number of benzene rings is 1. The highest BCUT2D eigenvalue weighted by atomic mass is 35.5. The molecule has 1 N–H and O–H groups in total. The maximum atomic E-state index is 13.1. The van der Waals surface area contributed by atoms with Gasteiger partial charge in [-0.05, 0) is 87.5 Å². The minimum absolute atomic E-state index is 0.107. The first-order chi connectivity index (χ1) is 10.4. The number of halogens is 1. The van der Waals surface area contributed by atoms with Crippen LogP contribution in [0.2, 0.25) is 0 Å². The lowest BCUT2D eigenvalue weighted by Gasteiger charge is -2.59. The number of alkyl halides is 1. The van der Waals surface area contributed by atoms with E-state index in [4.69, 9.17) is 11.6 Å². The predicted octanol–water partition coefficient (Wildman–Crippen LogP) is 4.82. The molecule has 4 aliphatic carbocycles. The highest BCUT2D eigenvalue weighted by Crippen LogP contribution is 2.64. The summed E-state index contributed by atoms with van der Waals surface area (Å²) in [5, 5.41) is 3.20. The number of hydrogen-bond donors (Lipinski definition) is 1. The molecule has 4 aliphatic rings. The maximum Gasteiger partial charge on any atom is 0.230 e. The Labute approximate surface area is 137 Å². The standard InChI is InChI=1S/C19H24ClNO/c1-12-3-13(2)5-16(4-12)21-17(22)18-7-14-6-15(8-18)10-19(20,9-14)11-18/h3-5,14-15H,6-11H2,1-2H3,(H,21,22)/t14-,15+,18?,19?. The SMILES string of the molecule is Cc1cc(C)cc(NC(=O)C23C[C@@H]4C[C@@H](CC(Cl)(C4)C2)C3)c1. The number of anilines is 1. The molecule has 2 unspecified atom stereocenters. The van der Waals surface area contributed by atoms with E-state index in [1.807, 2.05) is 0 Å². The van der Waals surface area contributed by atoms with Crippen LogP contribution in [0.3, 0.4) is 0 Å². The number of amides is 1. The van der Waals surface area contributed by atoms with Crippen molar-refractivity contribution in [2.24, 2.45) is 17.3 Å². The van der Waals surface area contributed by atoms with Gasteiger partial charge >= 0.3 is 0 Å². The number of carbonyl (C=O) groups excluding carboxylic acids is 1. The number of aryl methyl sites for hydroxylation is 2. The molecule has 2 nitrogen and oxygen atoms in total. The van der Waals surface area contributed by atoms with Crippen LogP contribution in [0.4, 0.5) is 5.69 Å². The van der Waals surface area contributed by atoms with Gasteiger partial charge in [0.25, 0.3) is 0 Å². The summed E-state index contributed by atoms with van der Waals surface area (Å²) in [5.41, 5.74) is 3.09. The summed E-state index contributed by atoms with van der Waals surface area (Å²) in [5.74, 6) is 1.52. The molecule has 1 amide bonds. The van der Waals surface area contributed by atoms with Gasteiger partial charge in [-0.15, -0.1) is 11.6 Å². The molecule has 4 bridgehead atoms. The molecule has 0 aliphatic heterocycles. The molecule has 1 aromatic carbocycles. The zero-order valence-electron chi connectivity index (χ0n) is 13.4.